The highest BCUT2D eigenvalue weighted by Gasteiger charge is 2.20. The maximum atomic E-state index is 3.95. The third kappa shape index (κ3) is 3.32. The Bertz CT molecular complexity index is 657. The van der Waals surface area contributed by atoms with E-state index in [-0.39, 0.29) is 0 Å². The van der Waals surface area contributed by atoms with Crippen LogP contribution >= 0.6 is 0 Å². The Balaban J connectivity index is 1.78. The van der Waals surface area contributed by atoms with Crippen molar-refractivity contribution in [1.82, 2.24) is 0 Å². The molecule has 0 unspecified atom stereocenters. The van der Waals surface area contributed by atoms with E-state index in [9.17, 15) is 0 Å². The molecule has 2 aromatic carbocycles. The molecule has 0 atom stereocenters. The summed E-state index contributed by atoms with van der Waals surface area (Å²) in [4.78, 5) is 0. The summed E-state index contributed by atoms with van der Waals surface area (Å²) in [6.45, 7) is 7.75. The lowest BCUT2D eigenvalue weighted by Gasteiger charge is -2.27. The van der Waals surface area contributed by atoms with Crippen LogP contribution in [0.4, 0.5) is 0 Å². The van der Waals surface area contributed by atoms with Crippen LogP contribution in [0.1, 0.15) is 49.1 Å². The normalized spacial score (nSPS) is 21.6. The van der Waals surface area contributed by atoms with Crippen molar-refractivity contribution in [3.05, 3.63) is 72.8 Å². The summed E-state index contributed by atoms with van der Waals surface area (Å²) in [6.07, 6.45) is 11.5. The van der Waals surface area contributed by atoms with Crippen LogP contribution in [0.3, 0.4) is 0 Å². The van der Waals surface area contributed by atoms with Gasteiger partial charge in [0.05, 0.1) is 0 Å². The Morgan fingerprint density at radius 3 is 2.36 bits per heavy atom. The van der Waals surface area contributed by atoms with Gasteiger partial charge in [0.15, 0.2) is 0 Å². The Morgan fingerprint density at radius 1 is 0.909 bits per heavy atom. The lowest BCUT2D eigenvalue weighted by molar-refractivity contribution is 0.376. The zero-order valence-electron chi connectivity index (χ0n) is 13.4. The molecule has 1 aliphatic rings. The van der Waals surface area contributed by atoms with Crippen molar-refractivity contribution in [2.75, 3.05) is 0 Å². The van der Waals surface area contributed by atoms with Gasteiger partial charge in [-0.2, -0.15) is 0 Å². The molecular formula is C22H26. The second-order valence-electron chi connectivity index (χ2n) is 6.62. The number of hydrogen-bond donors (Lipinski definition) is 0. The molecule has 0 heteroatoms. The largest absolute Gasteiger partial charge is 0.103 e. The third-order valence-corrected chi connectivity index (χ3v) is 5.14. The first-order chi connectivity index (χ1) is 10.8. The van der Waals surface area contributed by atoms with Gasteiger partial charge in [-0.3, -0.25) is 0 Å². The van der Waals surface area contributed by atoms with E-state index in [1.54, 1.807) is 0 Å². The molecule has 3 rings (SSSR count). The van der Waals surface area contributed by atoms with Crippen molar-refractivity contribution >= 4 is 10.8 Å². The summed E-state index contributed by atoms with van der Waals surface area (Å²) < 4.78 is 0. The molecule has 1 saturated carbocycles. The maximum Gasteiger partial charge on any atom is -0.0161 e. The lowest BCUT2D eigenvalue weighted by atomic mass is 9.78. The van der Waals surface area contributed by atoms with Crippen molar-refractivity contribution in [3.63, 3.8) is 0 Å². The van der Waals surface area contributed by atoms with E-state index < -0.39 is 0 Å². The van der Waals surface area contributed by atoms with Crippen molar-refractivity contribution in [1.29, 1.82) is 0 Å². The highest BCUT2D eigenvalue weighted by molar-refractivity contribution is 5.84. The number of hydrogen-bond acceptors (Lipinski definition) is 0. The molecule has 1 aliphatic carbocycles. The molecule has 1 fully saturated rings. The van der Waals surface area contributed by atoms with Gasteiger partial charge >= 0.3 is 0 Å². The van der Waals surface area contributed by atoms with Gasteiger partial charge in [0.25, 0.3) is 0 Å². The minimum Gasteiger partial charge on any atom is -0.103 e. The van der Waals surface area contributed by atoms with Gasteiger partial charge < -0.3 is 0 Å². The SMILES string of the molecule is C=CCCc1ccc2cc(C3CCC(C=C)CC3)ccc2c1. The predicted molar refractivity (Wildman–Crippen MR) is 97.4 cm³/mol. The fourth-order valence-corrected chi connectivity index (χ4v) is 3.68. The van der Waals surface area contributed by atoms with E-state index in [2.05, 4.69) is 55.6 Å². The summed E-state index contributed by atoms with van der Waals surface area (Å²) in [6, 6.07) is 13.9. The molecule has 0 amide bonds. The second kappa shape index (κ2) is 6.96. The van der Waals surface area contributed by atoms with Crippen LogP contribution in [0.15, 0.2) is 61.7 Å². The number of fused-ring (bicyclic) bond motifs is 1. The minimum absolute atomic E-state index is 0.737. The molecule has 0 saturated heterocycles. The zero-order valence-corrected chi connectivity index (χ0v) is 13.4. The van der Waals surface area contributed by atoms with Crippen molar-refractivity contribution in [3.8, 4) is 0 Å². The van der Waals surface area contributed by atoms with Crippen LogP contribution in [0.5, 0.6) is 0 Å². The highest BCUT2D eigenvalue weighted by Crippen LogP contribution is 2.37. The van der Waals surface area contributed by atoms with E-state index in [1.807, 2.05) is 6.08 Å². The molecule has 2 aromatic rings. The van der Waals surface area contributed by atoms with Crippen molar-refractivity contribution < 1.29 is 0 Å². The number of allylic oxidation sites excluding steroid dienone is 2. The van der Waals surface area contributed by atoms with Crippen LogP contribution in [-0.2, 0) is 6.42 Å². The van der Waals surface area contributed by atoms with E-state index in [4.69, 9.17) is 0 Å². The molecule has 0 spiro atoms. The molecule has 0 heterocycles. The molecule has 0 bridgehead atoms. The van der Waals surface area contributed by atoms with Crippen LogP contribution in [0, 0.1) is 5.92 Å². The smallest absolute Gasteiger partial charge is 0.0161 e. The molecule has 0 N–H and O–H groups in total. The molecule has 0 aliphatic heterocycles. The van der Waals surface area contributed by atoms with Gasteiger partial charge in [0.2, 0.25) is 0 Å². The summed E-state index contributed by atoms with van der Waals surface area (Å²) >= 11 is 0. The molecule has 0 aromatic heterocycles. The van der Waals surface area contributed by atoms with Gasteiger partial charge in [-0.05, 0) is 72.3 Å². The van der Waals surface area contributed by atoms with E-state index in [0.29, 0.717) is 0 Å². The van der Waals surface area contributed by atoms with E-state index in [0.717, 1.165) is 24.7 Å². The fourth-order valence-electron chi connectivity index (χ4n) is 3.68. The second-order valence-corrected chi connectivity index (χ2v) is 6.62. The molecular weight excluding hydrogens is 264 g/mol. The summed E-state index contributed by atoms with van der Waals surface area (Å²) in [5.74, 6) is 1.48. The van der Waals surface area contributed by atoms with Crippen LogP contribution in [0.25, 0.3) is 10.8 Å². The molecule has 0 nitrogen and oxygen atoms in total. The average molecular weight is 290 g/mol. The Kier molecular flexibility index (Phi) is 4.77. The Morgan fingerprint density at radius 2 is 1.64 bits per heavy atom. The topological polar surface area (TPSA) is 0 Å². The Labute approximate surface area is 134 Å². The molecule has 114 valence electrons. The monoisotopic (exact) mass is 290 g/mol. The van der Waals surface area contributed by atoms with E-state index in [1.165, 1.54) is 47.6 Å². The van der Waals surface area contributed by atoms with Gasteiger partial charge in [0, 0.05) is 0 Å². The Hall–Kier alpha value is -1.82. The number of benzene rings is 2. The maximum absolute atomic E-state index is 3.95. The number of aryl methyl sites for hydroxylation is 1. The standard InChI is InChI=1S/C22H26/c1-3-5-6-18-9-12-22-16-21(14-13-20(22)15-18)19-10-7-17(4-2)8-11-19/h3-4,9,12-17,19H,1-2,5-8,10-11H2. The zero-order chi connectivity index (χ0) is 15.4. The first-order valence-corrected chi connectivity index (χ1v) is 8.56. The van der Waals surface area contributed by atoms with Gasteiger partial charge in [-0.1, -0.05) is 48.6 Å². The quantitative estimate of drug-likeness (QED) is 0.557. The van der Waals surface area contributed by atoms with Gasteiger partial charge in [-0.15, -0.1) is 13.2 Å². The van der Waals surface area contributed by atoms with Gasteiger partial charge in [0.1, 0.15) is 0 Å². The minimum atomic E-state index is 0.737. The van der Waals surface area contributed by atoms with Crippen LogP contribution in [0.2, 0.25) is 0 Å². The summed E-state index contributed by atoms with van der Waals surface area (Å²) in [5, 5.41) is 2.75. The van der Waals surface area contributed by atoms with Gasteiger partial charge in [-0.25, -0.2) is 0 Å². The third-order valence-electron chi connectivity index (χ3n) is 5.14. The van der Waals surface area contributed by atoms with Crippen LogP contribution < -0.4 is 0 Å². The first kappa shape index (κ1) is 15.1. The first-order valence-electron chi connectivity index (χ1n) is 8.56. The lowest BCUT2D eigenvalue weighted by Crippen LogP contribution is -2.11. The van der Waals surface area contributed by atoms with E-state index >= 15 is 0 Å². The number of rotatable bonds is 5. The summed E-state index contributed by atoms with van der Waals surface area (Å²) in [7, 11) is 0. The summed E-state index contributed by atoms with van der Waals surface area (Å²) in [5.41, 5.74) is 2.93. The molecule has 0 radical (unpaired) electrons. The average Bonchev–Trinajstić information content (AvgIpc) is 2.59. The van der Waals surface area contributed by atoms with Crippen molar-refractivity contribution in [2.24, 2.45) is 5.92 Å². The molecule has 22 heavy (non-hydrogen) atoms. The highest BCUT2D eigenvalue weighted by atomic mass is 14.3. The van der Waals surface area contributed by atoms with Crippen LogP contribution in [-0.4, -0.2) is 0 Å². The van der Waals surface area contributed by atoms with Crippen molar-refractivity contribution in [2.45, 2.75) is 44.4 Å². The predicted octanol–water partition coefficient (Wildman–Crippen LogP) is 6.42. The fraction of sp³-hybridized carbons (Fsp3) is 0.364.